The van der Waals surface area contributed by atoms with Crippen molar-refractivity contribution in [3.05, 3.63) is 12.3 Å². The Morgan fingerprint density at radius 3 is 2.90 bits per heavy atom. The van der Waals surface area contributed by atoms with Gasteiger partial charge in [-0.2, -0.15) is 4.98 Å². The Labute approximate surface area is 121 Å². The van der Waals surface area contributed by atoms with Crippen LogP contribution in [0.1, 0.15) is 32.6 Å². The predicted molar refractivity (Wildman–Crippen MR) is 82.2 cm³/mol. The molecule has 1 aromatic rings. The molecule has 1 unspecified atom stereocenters. The number of rotatable bonds is 4. The molecule has 0 bridgehead atoms. The first kappa shape index (κ1) is 13.6. The Morgan fingerprint density at radius 1 is 1.25 bits per heavy atom. The molecule has 110 valence electrons. The zero-order valence-corrected chi connectivity index (χ0v) is 12.4. The van der Waals surface area contributed by atoms with Gasteiger partial charge in [0.2, 0.25) is 5.95 Å². The molecule has 1 atom stereocenters. The molecule has 5 nitrogen and oxygen atoms in total. The average molecular weight is 275 g/mol. The van der Waals surface area contributed by atoms with Crippen molar-refractivity contribution in [1.29, 1.82) is 0 Å². The molecule has 0 aliphatic carbocycles. The zero-order chi connectivity index (χ0) is 13.8. The highest BCUT2D eigenvalue weighted by Gasteiger charge is 2.29. The molecule has 0 radical (unpaired) electrons. The predicted octanol–water partition coefficient (Wildman–Crippen LogP) is 1.97. The monoisotopic (exact) mass is 275 g/mol. The molecule has 3 heterocycles. The van der Waals surface area contributed by atoms with E-state index in [2.05, 4.69) is 32.0 Å². The number of piperidine rings is 1. The Kier molecular flexibility index (Phi) is 4.35. The number of anilines is 2. The van der Waals surface area contributed by atoms with Crippen molar-refractivity contribution >= 4 is 11.8 Å². The molecule has 0 amide bonds. The first-order valence-electron chi connectivity index (χ1n) is 7.92. The minimum Gasteiger partial charge on any atom is -0.355 e. The van der Waals surface area contributed by atoms with Crippen molar-refractivity contribution in [3.63, 3.8) is 0 Å². The van der Waals surface area contributed by atoms with E-state index in [4.69, 9.17) is 0 Å². The minimum absolute atomic E-state index is 0.716. The summed E-state index contributed by atoms with van der Waals surface area (Å²) in [6, 6.07) is 2.74. The van der Waals surface area contributed by atoms with Gasteiger partial charge in [-0.25, -0.2) is 4.98 Å². The van der Waals surface area contributed by atoms with E-state index in [1.54, 1.807) is 0 Å². The maximum absolute atomic E-state index is 4.61. The normalized spacial score (nSPS) is 24.1. The number of likely N-dealkylation sites (tertiary alicyclic amines) is 1. The van der Waals surface area contributed by atoms with E-state index < -0.39 is 0 Å². The topological polar surface area (TPSA) is 44.3 Å². The van der Waals surface area contributed by atoms with E-state index in [0.29, 0.717) is 6.04 Å². The molecule has 3 rings (SSSR count). The lowest BCUT2D eigenvalue weighted by Gasteiger charge is -2.32. The van der Waals surface area contributed by atoms with Crippen LogP contribution in [0.15, 0.2) is 12.3 Å². The highest BCUT2D eigenvalue weighted by molar-refractivity contribution is 5.43. The van der Waals surface area contributed by atoms with Gasteiger partial charge in [0.15, 0.2) is 0 Å². The maximum atomic E-state index is 4.61. The van der Waals surface area contributed by atoms with Crippen molar-refractivity contribution in [2.24, 2.45) is 0 Å². The van der Waals surface area contributed by atoms with Crippen LogP contribution in [0.4, 0.5) is 11.8 Å². The molecule has 1 N–H and O–H groups in total. The number of nitrogens with zero attached hydrogens (tertiary/aromatic N) is 4. The third-order valence-corrected chi connectivity index (χ3v) is 4.37. The smallest absolute Gasteiger partial charge is 0.224 e. The zero-order valence-electron chi connectivity index (χ0n) is 12.4. The van der Waals surface area contributed by atoms with Crippen LogP contribution in [-0.2, 0) is 0 Å². The molecule has 0 aromatic carbocycles. The van der Waals surface area contributed by atoms with Gasteiger partial charge in [0.25, 0.3) is 0 Å². The van der Waals surface area contributed by atoms with Crippen molar-refractivity contribution in [2.75, 3.05) is 42.9 Å². The quantitative estimate of drug-likeness (QED) is 0.910. The third-order valence-electron chi connectivity index (χ3n) is 4.37. The largest absolute Gasteiger partial charge is 0.355 e. The summed E-state index contributed by atoms with van der Waals surface area (Å²) in [4.78, 5) is 13.9. The van der Waals surface area contributed by atoms with Crippen LogP contribution in [0.2, 0.25) is 0 Å². The van der Waals surface area contributed by atoms with Crippen LogP contribution < -0.4 is 10.2 Å². The van der Waals surface area contributed by atoms with Crippen molar-refractivity contribution in [3.8, 4) is 0 Å². The van der Waals surface area contributed by atoms with E-state index in [9.17, 15) is 0 Å². The van der Waals surface area contributed by atoms with E-state index >= 15 is 0 Å². The number of hydrogen-bond acceptors (Lipinski definition) is 5. The second-order valence-electron chi connectivity index (χ2n) is 5.75. The lowest BCUT2D eigenvalue weighted by atomic mass is 10.1. The molecule has 20 heavy (non-hydrogen) atoms. The lowest BCUT2D eigenvalue weighted by molar-refractivity contribution is 0.175. The van der Waals surface area contributed by atoms with Crippen LogP contribution in [0.3, 0.4) is 0 Å². The minimum atomic E-state index is 0.716. The van der Waals surface area contributed by atoms with Gasteiger partial charge in [-0.05, 0) is 45.3 Å². The molecule has 5 heteroatoms. The summed E-state index contributed by atoms with van der Waals surface area (Å²) in [6.07, 6.45) is 7.27. The standard InChI is InChI=1S/C15H25N5/c1-2-16-15-17-8-6-14(18-15)20-11-7-13(12-20)19-9-4-3-5-10-19/h6,8,13H,2-5,7,9-12H2,1H3,(H,16,17,18). The van der Waals surface area contributed by atoms with Gasteiger partial charge in [-0.3, -0.25) is 4.90 Å². The fraction of sp³-hybridized carbons (Fsp3) is 0.733. The molecule has 0 saturated carbocycles. The van der Waals surface area contributed by atoms with E-state index in [0.717, 1.165) is 31.4 Å². The van der Waals surface area contributed by atoms with Crippen LogP contribution in [0, 0.1) is 0 Å². The summed E-state index contributed by atoms with van der Waals surface area (Å²) in [7, 11) is 0. The van der Waals surface area contributed by atoms with Crippen molar-refractivity contribution < 1.29 is 0 Å². The average Bonchev–Trinajstić information content (AvgIpc) is 2.99. The summed E-state index contributed by atoms with van der Waals surface area (Å²) in [6.45, 7) is 7.72. The highest BCUT2D eigenvalue weighted by Crippen LogP contribution is 2.24. The molecular weight excluding hydrogens is 250 g/mol. The summed E-state index contributed by atoms with van der Waals surface area (Å²) >= 11 is 0. The maximum Gasteiger partial charge on any atom is 0.224 e. The van der Waals surface area contributed by atoms with Gasteiger partial charge in [-0.1, -0.05) is 6.42 Å². The van der Waals surface area contributed by atoms with Gasteiger partial charge < -0.3 is 10.2 Å². The molecule has 0 spiro atoms. The molecule has 2 fully saturated rings. The van der Waals surface area contributed by atoms with Crippen LogP contribution in [-0.4, -0.2) is 53.6 Å². The van der Waals surface area contributed by atoms with Gasteiger partial charge in [0, 0.05) is 31.9 Å². The first-order chi connectivity index (χ1) is 9.86. The Morgan fingerprint density at radius 2 is 2.10 bits per heavy atom. The highest BCUT2D eigenvalue weighted by atomic mass is 15.3. The van der Waals surface area contributed by atoms with Crippen LogP contribution in [0.5, 0.6) is 0 Å². The third kappa shape index (κ3) is 3.03. The summed E-state index contributed by atoms with van der Waals surface area (Å²) in [5.41, 5.74) is 0. The number of hydrogen-bond donors (Lipinski definition) is 1. The molecule has 2 aliphatic heterocycles. The van der Waals surface area contributed by atoms with Crippen molar-refractivity contribution in [2.45, 2.75) is 38.6 Å². The first-order valence-corrected chi connectivity index (χ1v) is 7.92. The summed E-state index contributed by atoms with van der Waals surface area (Å²) in [5, 5.41) is 3.19. The second-order valence-corrected chi connectivity index (χ2v) is 5.75. The SMILES string of the molecule is CCNc1nccc(N2CCC(N3CCCCC3)C2)n1. The van der Waals surface area contributed by atoms with Gasteiger partial charge in [0.05, 0.1) is 0 Å². The van der Waals surface area contributed by atoms with Crippen molar-refractivity contribution in [1.82, 2.24) is 14.9 Å². The van der Waals surface area contributed by atoms with Gasteiger partial charge >= 0.3 is 0 Å². The number of nitrogens with one attached hydrogen (secondary N) is 1. The second kappa shape index (κ2) is 6.39. The summed E-state index contributed by atoms with van der Waals surface area (Å²) in [5.74, 6) is 1.81. The Bertz CT molecular complexity index is 430. The lowest BCUT2D eigenvalue weighted by Crippen LogP contribution is -2.41. The van der Waals surface area contributed by atoms with Crippen LogP contribution in [0.25, 0.3) is 0 Å². The van der Waals surface area contributed by atoms with E-state index in [1.165, 1.54) is 38.8 Å². The summed E-state index contributed by atoms with van der Waals surface area (Å²) < 4.78 is 0. The fourth-order valence-electron chi connectivity index (χ4n) is 3.30. The Balaban J connectivity index is 1.62. The molecular formula is C15H25N5. The molecule has 2 aliphatic rings. The van der Waals surface area contributed by atoms with Gasteiger partial charge in [0.1, 0.15) is 5.82 Å². The Hall–Kier alpha value is -1.36. The molecule has 2 saturated heterocycles. The fourth-order valence-corrected chi connectivity index (χ4v) is 3.30. The number of aromatic nitrogens is 2. The van der Waals surface area contributed by atoms with E-state index in [1.807, 2.05) is 12.3 Å². The molecule has 1 aromatic heterocycles. The van der Waals surface area contributed by atoms with E-state index in [-0.39, 0.29) is 0 Å². The van der Waals surface area contributed by atoms with Crippen LogP contribution >= 0.6 is 0 Å². The van der Waals surface area contributed by atoms with Gasteiger partial charge in [-0.15, -0.1) is 0 Å².